The largest absolute Gasteiger partial charge is 0.489 e. The molecule has 72 valence electrons. The van der Waals surface area contributed by atoms with Crippen LogP contribution in [0.1, 0.15) is 5.56 Å². The molecule has 0 saturated heterocycles. The Morgan fingerprint density at radius 1 is 1.29 bits per heavy atom. The molecule has 1 aromatic heterocycles. The Morgan fingerprint density at radius 3 is 2.93 bits per heavy atom. The van der Waals surface area contributed by atoms with Gasteiger partial charge in [0.2, 0.25) is 0 Å². The van der Waals surface area contributed by atoms with Crippen molar-refractivity contribution in [1.82, 2.24) is 0 Å². The highest BCUT2D eigenvalue weighted by atomic mass is 79.9. The van der Waals surface area contributed by atoms with Crippen LogP contribution in [0, 0.1) is 0 Å². The Labute approximate surface area is 95.5 Å². The van der Waals surface area contributed by atoms with Gasteiger partial charge < -0.3 is 4.74 Å². The Morgan fingerprint density at radius 2 is 2.21 bits per heavy atom. The molecule has 3 heteroatoms. The lowest BCUT2D eigenvalue weighted by Crippen LogP contribution is -1.92. The first-order chi connectivity index (χ1) is 6.84. The summed E-state index contributed by atoms with van der Waals surface area (Å²) in [6.45, 7) is 0.639. The summed E-state index contributed by atoms with van der Waals surface area (Å²) in [5.74, 6) is 0.894. The van der Waals surface area contributed by atoms with Gasteiger partial charge in [0, 0.05) is 4.47 Å². The van der Waals surface area contributed by atoms with Crippen LogP contribution >= 0.6 is 27.3 Å². The van der Waals surface area contributed by atoms with Gasteiger partial charge in [0.1, 0.15) is 12.4 Å². The molecule has 1 aromatic carbocycles. The molecule has 0 radical (unpaired) electrons. The van der Waals surface area contributed by atoms with Crippen LogP contribution in [0.2, 0.25) is 0 Å². The highest BCUT2D eigenvalue weighted by molar-refractivity contribution is 9.10. The molecule has 2 aromatic rings. The maximum Gasteiger partial charge on any atom is 0.120 e. The van der Waals surface area contributed by atoms with Crippen LogP contribution in [-0.4, -0.2) is 0 Å². The smallest absolute Gasteiger partial charge is 0.120 e. The molecule has 0 unspecified atom stereocenters. The highest BCUT2D eigenvalue weighted by Crippen LogP contribution is 2.19. The summed E-state index contributed by atoms with van der Waals surface area (Å²) in [5, 5.41) is 4.15. The van der Waals surface area contributed by atoms with Gasteiger partial charge in [-0.25, -0.2) is 0 Å². The van der Waals surface area contributed by atoms with Crippen LogP contribution in [0.25, 0.3) is 0 Å². The number of thiophene rings is 1. The van der Waals surface area contributed by atoms with E-state index >= 15 is 0 Å². The zero-order valence-corrected chi connectivity index (χ0v) is 9.85. The zero-order chi connectivity index (χ0) is 9.80. The second-order valence-corrected chi connectivity index (χ2v) is 4.57. The molecule has 0 spiro atoms. The van der Waals surface area contributed by atoms with E-state index in [0.29, 0.717) is 6.61 Å². The monoisotopic (exact) mass is 268 g/mol. The molecule has 2 rings (SSSR count). The maximum absolute atomic E-state index is 5.61. The second-order valence-electron chi connectivity index (χ2n) is 2.88. The molecule has 0 aliphatic carbocycles. The summed E-state index contributed by atoms with van der Waals surface area (Å²) in [7, 11) is 0. The van der Waals surface area contributed by atoms with Gasteiger partial charge >= 0.3 is 0 Å². The van der Waals surface area contributed by atoms with Crippen molar-refractivity contribution < 1.29 is 4.74 Å². The SMILES string of the molecule is Brc1cccc(OCc2ccsc2)c1. The van der Waals surface area contributed by atoms with E-state index in [1.165, 1.54) is 5.56 Å². The van der Waals surface area contributed by atoms with Gasteiger partial charge in [-0.1, -0.05) is 22.0 Å². The molecule has 0 saturated carbocycles. The number of halogens is 1. The van der Waals surface area contributed by atoms with Gasteiger partial charge in [-0.2, -0.15) is 11.3 Å². The second kappa shape index (κ2) is 4.62. The van der Waals surface area contributed by atoms with E-state index in [0.717, 1.165) is 10.2 Å². The quantitative estimate of drug-likeness (QED) is 0.815. The van der Waals surface area contributed by atoms with Crippen LogP contribution in [0.4, 0.5) is 0 Å². The Hall–Kier alpha value is -0.800. The number of rotatable bonds is 3. The molecule has 1 nitrogen and oxygen atoms in total. The maximum atomic E-state index is 5.61. The molecule has 0 bridgehead atoms. The summed E-state index contributed by atoms with van der Waals surface area (Å²) in [6, 6.07) is 9.94. The molecule has 0 aliphatic heterocycles. The average molecular weight is 269 g/mol. The lowest BCUT2D eigenvalue weighted by molar-refractivity contribution is 0.306. The third kappa shape index (κ3) is 2.59. The molecule has 0 fully saturated rings. The van der Waals surface area contributed by atoms with Gasteiger partial charge in [-0.15, -0.1) is 0 Å². The Bertz CT molecular complexity index is 397. The number of hydrogen-bond donors (Lipinski definition) is 0. The Kier molecular flexibility index (Phi) is 3.22. The fourth-order valence-corrected chi connectivity index (χ4v) is 2.13. The first-order valence-corrected chi connectivity index (χ1v) is 5.97. The average Bonchev–Trinajstić information content (AvgIpc) is 2.67. The van der Waals surface area contributed by atoms with Crippen molar-refractivity contribution in [2.24, 2.45) is 0 Å². The molecule has 1 heterocycles. The zero-order valence-electron chi connectivity index (χ0n) is 7.44. The molecule has 0 aliphatic rings. The summed E-state index contributed by atoms with van der Waals surface area (Å²) >= 11 is 5.09. The predicted molar refractivity (Wildman–Crippen MR) is 62.8 cm³/mol. The molecule has 0 N–H and O–H groups in total. The van der Waals surface area contributed by atoms with E-state index in [9.17, 15) is 0 Å². The van der Waals surface area contributed by atoms with Crippen LogP contribution in [0.3, 0.4) is 0 Å². The number of ether oxygens (including phenoxy) is 1. The normalized spacial score (nSPS) is 10.1. The standard InChI is InChI=1S/C11H9BrOS/c12-10-2-1-3-11(6-10)13-7-9-4-5-14-8-9/h1-6,8H,7H2. The van der Waals surface area contributed by atoms with Gasteiger partial charge in [0.25, 0.3) is 0 Å². The molecular weight excluding hydrogens is 260 g/mol. The highest BCUT2D eigenvalue weighted by Gasteiger charge is 1.96. The third-order valence-electron chi connectivity index (χ3n) is 1.78. The van der Waals surface area contributed by atoms with Crippen molar-refractivity contribution in [2.45, 2.75) is 6.61 Å². The van der Waals surface area contributed by atoms with Crippen molar-refractivity contribution >= 4 is 27.3 Å². The lowest BCUT2D eigenvalue weighted by atomic mass is 10.3. The predicted octanol–water partition coefficient (Wildman–Crippen LogP) is 4.09. The fraction of sp³-hybridized carbons (Fsp3) is 0.0909. The Balaban J connectivity index is 1.98. The summed E-state index contributed by atoms with van der Waals surface area (Å²) in [5.41, 5.74) is 1.22. The number of benzene rings is 1. The van der Waals surface area contributed by atoms with Crippen LogP contribution < -0.4 is 4.74 Å². The molecule has 0 amide bonds. The van der Waals surface area contributed by atoms with Crippen molar-refractivity contribution in [2.75, 3.05) is 0 Å². The summed E-state index contributed by atoms with van der Waals surface area (Å²) in [6.07, 6.45) is 0. The van der Waals surface area contributed by atoms with E-state index in [1.807, 2.05) is 24.3 Å². The van der Waals surface area contributed by atoms with Gasteiger partial charge in [-0.3, -0.25) is 0 Å². The van der Waals surface area contributed by atoms with Crippen LogP contribution in [0.15, 0.2) is 45.6 Å². The van der Waals surface area contributed by atoms with E-state index in [-0.39, 0.29) is 0 Å². The minimum Gasteiger partial charge on any atom is -0.489 e. The lowest BCUT2D eigenvalue weighted by Gasteiger charge is -2.04. The van der Waals surface area contributed by atoms with Crippen molar-refractivity contribution in [3.05, 3.63) is 51.1 Å². The molecular formula is C11H9BrOS. The van der Waals surface area contributed by atoms with E-state index in [2.05, 4.69) is 32.8 Å². The topological polar surface area (TPSA) is 9.23 Å². The fourth-order valence-electron chi connectivity index (χ4n) is 1.10. The van der Waals surface area contributed by atoms with Crippen LogP contribution in [0.5, 0.6) is 5.75 Å². The summed E-state index contributed by atoms with van der Waals surface area (Å²) in [4.78, 5) is 0. The van der Waals surface area contributed by atoms with Gasteiger partial charge in [-0.05, 0) is 40.6 Å². The first-order valence-electron chi connectivity index (χ1n) is 4.24. The van der Waals surface area contributed by atoms with E-state index in [1.54, 1.807) is 11.3 Å². The first kappa shape index (κ1) is 9.74. The minimum absolute atomic E-state index is 0.639. The number of hydrogen-bond acceptors (Lipinski definition) is 2. The van der Waals surface area contributed by atoms with Crippen molar-refractivity contribution in [3.8, 4) is 5.75 Å². The van der Waals surface area contributed by atoms with Crippen LogP contribution in [-0.2, 0) is 6.61 Å². The molecule has 0 atom stereocenters. The van der Waals surface area contributed by atoms with E-state index in [4.69, 9.17) is 4.74 Å². The molecule has 14 heavy (non-hydrogen) atoms. The summed E-state index contributed by atoms with van der Waals surface area (Å²) < 4.78 is 6.65. The van der Waals surface area contributed by atoms with Gasteiger partial charge in [0.05, 0.1) is 0 Å². The van der Waals surface area contributed by atoms with Crippen molar-refractivity contribution in [3.63, 3.8) is 0 Å². The third-order valence-corrected chi connectivity index (χ3v) is 3.01. The van der Waals surface area contributed by atoms with Gasteiger partial charge in [0.15, 0.2) is 0 Å². The van der Waals surface area contributed by atoms with Crippen molar-refractivity contribution in [1.29, 1.82) is 0 Å². The minimum atomic E-state index is 0.639. The van der Waals surface area contributed by atoms with E-state index < -0.39 is 0 Å².